The number of likely N-dealkylation sites (N-methyl/N-ethyl adjacent to an activating group) is 1. The maximum absolute atomic E-state index is 11.6. The van der Waals surface area contributed by atoms with Gasteiger partial charge in [-0.15, -0.1) is 0 Å². The van der Waals surface area contributed by atoms with Crippen molar-refractivity contribution in [3.63, 3.8) is 0 Å². The maximum Gasteiger partial charge on any atom is 0.143 e. The lowest BCUT2D eigenvalue weighted by Crippen LogP contribution is -2.44. The molecule has 2 aromatic rings. The summed E-state index contributed by atoms with van der Waals surface area (Å²) in [6.07, 6.45) is 2.60. The first-order valence-electron chi connectivity index (χ1n) is 9.61. The minimum Gasteiger partial charge on any atom is -0.368 e. The lowest BCUT2D eigenvalue weighted by atomic mass is 9.92. The lowest BCUT2D eigenvalue weighted by Gasteiger charge is -2.35. The predicted molar refractivity (Wildman–Crippen MR) is 121 cm³/mol. The van der Waals surface area contributed by atoms with Crippen LogP contribution in [0.15, 0.2) is 53.0 Å². The Morgan fingerprint density at radius 1 is 1.07 bits per heavy atom. The molecule has 1 heterocycles. The fraction of sp³-hybridized carbons (Fsp3) is 0.348. The van der Waals surface area contributed by atoms with Gasteiger partial charge in [-0.05, 0) is 62.1 Å². The summed E-state index contributed by atoms with van der Waals surface area (Å²) in [6.45, 7) is 4.88. The molecule has 1 fully saturated rings. The summed E-state index contributed by atoms with van der Waals surface area (Å²) in [6, 6.07) is 14.7. The van der Waals surface area contributed by atoms with E-state index >= 15 is 0 Å². The zero-order valence-corrected chi connectivity index (χ0v) is 18.4. The first-order valence-corrected chi connectivity index (χ1v) is 10.4. The molecule has 0 radical (unpaired) electrons. The van der Waals surface area contributed by atoms with E-state index in [0.717, 1.165) is 60.2 Å². The Balaban J connectivity index is 2.10. The van der Waals surface area contributed by atoms with Gasteiger partial charge in [0.25, 0.3) is 0 Å². The third-order valence-corrected chi connectivity index (χ3v) is 5.61. The lowest BCUT2D eigenvalue weighted by molar-refractivity contribution is -0.104. The number of halogens is 1. The van der Waals surface area contributed by atoms with Crippen LogP contribution in [-0.4, -0.2) is 63.4 Å². The number of aldehydes is 1. The second-order valence-electron chi connectivity index (χ2n) is 7.56. The van der Waals surface area contributed by atoms with E-state index in [1.54, 1.807) is 6.08 Å². The summed E-state index contributed by atoms with van der Waals surface area (Å²) in [5.41, 5.74) is 5.57. The van der Waals surface area contributed by atoms with Crippen molar-refractivity contribution in [3.05, 3.63) is 69.7 Å². The van der Waals surface area contributed by atoms with Crippen molar-refractivity contribution in [1.29, 1.82) is 0 Å². The Kier molecular flexibility index (Phi) is 7.05. The minimum atomic E-state index is 0.824. The van der Waals surface area contributed by atoms with Gasteiger partial charge in [-0.25, -0.2) is 0 Å². The summed E-state index contributed by atoms with van der Waals surface area (Å²) >= 11 is 3.63. The van der Waals surface area contributed by atoms with Gasteiger partial charge >= 0.3 is 0 Å². The quantitative estimate of drug-likeness (QED) is 0.501. The van der Waals surface area contributed by atoms with E-state index in [9.17, 15) is 4.79 Å². The van der Waals surface area contributed by atoms with Crippen LogP contribution in [0.4, 0.5) is 5.69 Å². The minimum absolute atomic E-state index is 0.824. The van der Waals surface area contributed by atoms with Gasteiger partial charge in [0.05, 0.1) is 0 Å². The molecule has 0 aliphatic carbocycles. The molecule has 4 nitrogen and oxygen atoms in total. The van der Waals surface area contributed by atoms with Crippen LogP contribution >= 0.6 is 15.9 Å². The van der Waals surface area contributed by atoms with Crippen molar-refractivity contribution in [2.75, 3.05) is 52.2 Å². The second-order valence-corrected chi connectivity index (χ2v) is 8.48. The predicted octanol–water partition coefficient (Wildman–Crippen LogP) is 3.89. The first-order chi connectivity index (χ1) is 13.5. The van der Waals surface area contributed by atoms with E-state index in [4.69, 9.17) is 0 Å². The van der Waals surface area contributed by atoms with Crippen molar-refractivity contribution in [2.24, 2.45) is 0 Å². The number of anilines is 1. The second kappa shape index (κ2) is 9.50. The molecule has 2 aromatic carbocycles. The van der Waals surface area contributed by atoms with E-state index in [2.05, 4.69) is 88.2 Å². The summed E-state index contributed by atoms with van der Waals surface area (Å²) in [4.78, 5) is 18.5. The molecule has 0 amide bonds. The fourth-order valence-corrected chi connectivity index (χ4v) is 4.06. The summed E-state index contributed by atoms with van der Waals surface area (Å²) in [7, 11) is 6.29. The maximum atomic E-state index is 11.6. The molecule has 0 N–H and O–H groups in total. The molecule has 28 heavy (non-hydrogen) atoms. The zero-order chi connectivity index (χ0) is 20.1. The summed E-state index contributed by atoms with van der Waals surface area (Å²) in [5.74, 6) is 0. The zero-order valence-electron chi connectivity index (χ0n) is 16.9. The van der Waals surface area contributed by atoms with Gasteiger partial charge in [0.2, 0.25) is 0 Å². The van der Waals surface area contributed by atoms with Crippen molar-refractivity contribution in [3.8, 4) is 0 Å². The highest BCUT2D eigenvalue weighted by atomic mass is 79.9. The first kappa shape index (κ1) is 20.8. The van der Waals surface area contributed by atoms with Crippen LogP contribution in [0.3, 0.4) is 0 Å². The molecule has 0 unspecified atom stereocenters. The van der Waals surface area contributed by atoms with Crippen molar-refractivity contribution >= 4 is 33.5 Å². The standard InChI is InChI=1S/C23H28BrN3O/c1-25(2)17-18-6-4-5-7-20(18)21(10-15-28)22-16-19(24)8-9-23(22)27-13-11-26(3)12-14-27/h4-10,15-16H,11-14,17H2,1-3H3. The number of benzene rings is 2. The van der Waals surface area contributed by atoms with Gasteiger partial charge in [-0.1, -0.05) is 40.2 Å². The summed E-state index contributed by atoms with van der Waals surface area (Å²) in [5, 5.41) is 0. The number of carbonyl (C=O) groups excluding carboxylic acids is 1. The average molecular weight is 442 g/mol. The Morgan fingerprint density at radius 2 is 1.79 bits per heavy atom. The van der Waals surface area contributed by atoms with Crippen molar-refractivity contribution in [1.82, 2.24) is 9.80 Å². The molecule has 5 heteroatoms. The van der Waals surface area contributed by atoms with Gasteiger partial charge in [-0.2, -0.15) is 0 Å². The molecule has 0 spiro atoms. The van der Waals surface area contributed by atoms with Gasteiger partial charge in [0, 0.05) is 48.4 Å². The Hall–Kier alpha value is -1.95. The van der Waals surface area contributed by atoms with E-state index in [0.29, 0.717) is 0 Å². The van der Waals surface area contributed by atoms with Crippen LogP contribution in [0.5, 0.6) is 0 Å². The number of carbonyl (C=O) groups is 1. The number of rotatable bonds is 6. The molecule has 0 bridgehead atoms. The number of nitrogens with zero attached hydrogens (tertiary/aromatic N) is 3. The SMILES string of the molecule is CN(C)Cc1ccccc1C(=CC=O)c1cc(Br)ccc1N1CCN(C)CC1. The average Bonchev–Trinajstić information content (AvgIpc) is 2.67. The Morgan fingerprint density at radius 3 is 2.46 bits per heavy atom. The molecule has 1 aliphatic heterocycles. The smallest absolute Gasteiger partial charge is 0.143 e. The molecule has 0 atom stereocenters. The molecule has 0 aromatic heterocycles. The Bertz CT molecular complexity index is 855. The fourth-order valence-electron chi connectivity index (χ4n) is 3.70. The van der Waals surface area contributed by atoms with Crippen LogP contribution in [0.25, 0.3) is 5.57 Å². The van der Waals surface area contributed by atoms with Crippen LogP contribution < -0.4 is 4.90 Å². The van der Waals surface area contributed by atoms with Crippen LogP contribution in [0.1, 0.15) is 16.7 Å². The number of piperazine rings is 1. The topological polar surface area (TPSA) is 26.8 Å². The molecule has 3 rings (SSSR count). The molecular weight excluding hydrogens is 414 g/mol. The highest BCUT2D eigenvalue weighted by Gasteiger charge is 2.20. The van der Waals surface area contributed by atoms with Crippen molar-refractivity contribution < 1.29 is 4.79 Å². The molecule has 1 aliphatic rings. The normalized spacial score (nSPS) is 15.9. The van der Waals surface area contributed by atoms with Crippen LogP contribution in [0.2, 0.25) is 0 Å². The number of hydrogen-bond acceptors (Lipinski definition) is 4. The van der Waals surface area contributed by atoms with Gasteiger partial charge < -0.3 is 14.7 Å². The molecule has 0 saturated carbocycles. The van der Waals surface area contributed by atoms with Crippen LogP contribution in [-0.2, 0) is 11.3 Å². The Labute approximate surface area is 176 Å². The van der Waals surface area contributed by atoms with Gasteiger partial charge in [0.15, 0.2) is 0 Å². The van der Waals surface area contributed by atoms with E-state index in [-0.39, 0.29) is 0 Å². The van der Waals surface area contributed by atoms with E-state index in [1.165, 1.54) is 11.3 Å². The third-order valence-electron chi connectivity index (χ3n) is 5.12. The number of allylic oxidation sites excluding steroid dienone is 1. The summed E-state index contributed by atoms with van der Waals surface area (Å²) < 4.78 is 1.02. The van der Waals surface area contributed by atoms with Crippen molar-refractivity contribution in [2.45, 2.75) is 6.54 Å². The third kappa shape index (κ3) is 4.90. The highest BCUT2D eigenvalue weighted by Crippen LogP contribution is 2.36. The molecule has 148 valence electrons. The van der Waals surface area contributed by atoms with Gasteiger partial charge in [-0.3, -0.25) is 4.79 Å². The largest absolute Gasteiger partial charge is 0.368 e. The molecular formula is C23H28BrN3O. The van der Waals surface area contributed by atoms with E-state index < -0.39 is 0 Å². The monoisotopic (exact) mass is 441 g/mol. The highest BCUT2D eigenvalue weighted by molar-refractivity contribution is 9.10. The number of hydrogen-bond donors (Lipinski definition) is 0. The molecule has 1 saturated heterocycles. The van der Waals surface area contributed by atoms with Gasteiger partial charge in [0.1, 0.15) is 6.29 Å². The van der Waals surface area contributed by atoms with Crippen LogP contribution in [0, 0.1) is 0 Å². The van der Waals surface area contributed by atoms with E-state index in [1.807, 2.05) is 6.07 Å².